The summed E-state index contributed by atoms with van der Waals surface area (Å²) >= 11 is 0. The number of rotatable bonds is 14. The van der Waals surface area contributed by atoms with Crippen LogP contribution in [-0.2, 0) is 39.5 Å². The molecule has 2 amide bonds. The summed E-state index contributed by atoms with van der Waals surface area (Å²) in [5, 5.41) is 15.6. The molecule has 0 aliphatic carbocycles. The van der Waals surface area contributed by atoms with E-state index in [1.807, 2.05) is 0 Å². The Balaban J connectivity index is 2.02. The summed E-state index contributed by atoms with van der Waals surface area (Å²) in [6, 6.07) is 6.42. The zero-order chi connectivity index (χ0) is 32.9. The zero-order valence-electron chi connectivity index (χ0n) is 24.6. The number of nitrogens with one attached hydrogen (secondary N) is 3. The molecule has 1 fully saturated rings. The molecule has 244 valence electrons. The molecule has 1 aliphatic rings. The summed E-state index contributed by atoms with van der Waals surface area (Å²) in [6.45, 7) is 4.80. The van der Waals surface area contributed by atoms with Gasteiger partial charge >= 0.3 is 0 Å². The first-order valence-corrected chi connectivity index (χ1v) is 18.2. The van der Waals surface area contributed by atoms with Gasteiger partial charge in [-0.05, 0) is 50.2 Å². The molecule has 0 bridgehead atoms. The number of sulfone groups is 1. The van der Waals surface area contributed by atoms with Gasteiger partial charge in [-0.25, -0.2) is 30.0 Å². The monoisotopic (exact) mass is 676 g/mol. The third-order valence-electron chi connectivity index (χ3n) is 6.29. The van der Waals surface area contributed by atoms with Gasteiger partial charge in [0.1, 0.15) is 21.3 Å². The molecule has 2 aromatic carbocycles. The van der Waals surface area contributed by atoms with Crippen molar-refractivity contribution in [3.63, 3.8) is 0 Å². The molecule has 1 heterocycles. The van der Waals surface area contributed by atoms with Crippen LogP contribution in [0.1, 0.15) is 27.7 Å². The SMILES string of the molecule is CCOc1ccc(NC(C)=O)cc1S(=O)(=O)NCCN(C1CS(=O)(=O)CC1O)S(=O)(=O)c1cc(NC(C)=O)ccc1OCC. The molecule has 18 heteroatoms. The molecule has 0 radical (unpaired) electrons. The molecule has 44 heavy (non-hydrogen) atoms. The van der Waals surface area contributed by atoms with Crippen molar-refractivity contribution in [2.24, 2.45) is 0 Å². The Labute approximate surface area is 256 Å². The van der Waals surface area contributed by atoms with Gasteiger partial charge in [0.2, 0.25) is 31.9 Å². The second-order valence-electron chi connectivity index (χ2n) is 9.78. The predicted octanol–water partition coefficient (Wildman–Crippen LogP) is 0.528. The highest BCUT2D eigenvalue weighted by Crippen LogP contribution is 2.33. The van der Waals surface area contributed by atoms with Crippen LogP contribution in [0.3, 0.4) is 0 Å². The highest BCUT2D eigenvalue weighted by atomic mass is 32.2. The van der Waals surface area contributed by atoms with E-state index in [0.29, 0.717) is 0 Å². The number of carbonyl (C=O) groups excluding carboxylic acids is 2. The van der Waals surface area contributed by atoms with Crippen LogP contribution in [0.4, 0.5) is 11.4 Å². The summed E-state index contributed by atoms with van der Waals surface area (Å²) in [5.41, 5.74) is 0.287. The van der Waals surface area contributed by atoms with Crippen molar-refractivity contribution in [3.8, 4) is 11.5 Å². The van der Waals surface area contributed by atoms with E-state index >= 15 is 0 Å². The van der Waals surface area contributed by atoms with Crippen LogP contribution in [-0.4, -0.2) is 96.4 Å². The Kier molecular flexibility index (Phi) is 11.4. The lowest BCUT2D eigenvalue weighted by Gasteiger charge is -2.30. The quantitative estimate of drug-likeness (QED) is 0.217. The third-order valence-corrected chi connectivity index (χ3v) is 11.4. The molecular formula is C26H36N4O11S3. The van der Waals surface area contributed by atoms with Gasteiger partial charge in [-0.1, -0.05) is 0 Å². The van der Waals surface area contributed by atoms with Crippen molar-refractivity contribution in [3.05, 3.63) is 36.4 Å². The van der Waals surface area contributed by atoms with E-state index in [1.165, 1.54) is 44.2 Å². The smallest absolute Gasteiger partial charge is 0.247 e. The Morgan fingerprint density at radius 3 is 1.84 bits per heavy atom. The minimum Gasteiger partial charge on any atom is -0.492 e. The first-order valence-electron chi connectivity index (χ1n) is 13.5. The molecule has 1 aliphatic heterocycles. The number of ether oxygens (including phenoxy) is 2. The fourth-order valence-electron chi connectivity index (χ4n) is 4.58. The molecule has 4 N–H and O–H groups in total. The number of carbonyl (C=O) groups is 2. The van der Waals surface area contributed by atoms with E-state index in [1.54, 1.807) is 13.8 Å². The summed E-state index contributed by atoms with van der Waals surface area (Å²) in [6.07, 6.45) is -1.60. The van der Waals surface area contributed by atoms with Gasteiger partial charge in [-0.2, -0.15) is 4.31 Å². The van der Waals surface area contributed by atoms with Crippen LogP contribution in [0.15, 0.2) is 46.2 Å². The van der Waals surface area contributed by atoms with Crippen LogP contribution < -0.4 is 24.8 Å². The van der Waals surface area contributed by atoms with Crippen molar-refractivity contribution < 1.29 is 49.4 Å². The maximum Gasteiger partial charge on any atom is 0.247 e. The van der Waals surface area contributed by atoms with Crippen molar-refractivity contribution in [1.82, 2.24) is 9.03 Å². The molecule has 0 spiro atoms. The maximum absolute atomic E-state index is 14.1. The molecule has 2 aromatic rings. The lowest BCUT2D eigenvalue weighted by molar-refractivity contribution is -0.115. The van der Waals surface area contributed by atoms with Crippen LogP contribution >= 0.6 is 0 Å². The molecule has 3 rings (SSSR count). The largest absolute Gasteiger partial charge is 0.492 e. The zero-order valence-corrected chi connectivity index (χ0v) is 27.0. The average Bonchev–Trinajstić information content (AvgIpc) is 3.19. The number of sulfonamides is 2. The number of anilines is 2. The van der Waals surface area contributed by atoms with E-state index < -0.39 is 83.3 Å². The number of amides is 2. The Bertz CT molecular complexity index is 1710. The van der Waals surface area contributed by atoms with Crippen molar-refractivity contribution in [1.29, 1.82) is 0 Å². The molecule has 2 atom stereocenters. The van der Waals surface area contributed by atoms with Gasteiger partial charge in [0.05, 0.1) is 36.9 Å². The van der Waals surface area contributed by atoms with Crippen LogP contribution in [0.5, 0.6) is 11.5 Å². The fraction of sp³-hybridized carbons (Fsp3) is 0.462. The predicted molar refractivity (Wildman–Crippen MR) is 161 cm³/mol. The Morgan fingerprint density at radius 2 is 1.39 bits per heavy atom. The molecule has 0 saturated carbocycles. The molecule has 1 saturated heterocycles. The van der Waals surface area contributed by atoms with Gasteiger partial charge in [0.25, 0.3) is 0 Å². The minimum atomic E-state index is -4.67. The second-order valence-corrected chi connectivity index (χ2v) is 15.5. The first kappa shape index (κ1) is 35.2. The molecule has 15 nitrogen and oxygen atoms in total. The van der Waals surface area contributed by atoms with E-state index in [2.05, 4.69) is 15.4 Å². The number of aliphatic hydroxyl groups is 1. The first-order chi connectivity index (χ1) is 20.5. The highest BCUT2D eigenvalue weighted by molar-refractivity contribution is 7.92. The standard InChI is InChI=1S/C26H36N4O11S3/c1-5-40-23-9-7-19(28-17(3)31)13-25(23)43(36,37)27-11-12-30(21-15-42(34,35)16-22(21)33)44(38,39)26-14-20(29-18(4)32)8-10-24(26)41-6-2/h7-10,13-14,21-22,27,33H,5-6,11-12,15-16H2,1-4H3,(H,28,31)(H,29,32). The Hall–Kier alpha value is -3.29. The number of nitrogens with zero attached hydrogens (tertiary/aromatic N) is 1. The average molecular weight is 677 g/mol. The van der Waals surface area contributed by atoms with Gasteiger partial charge in [-0.3, -0.25) is 9.59 Å². The summed E-state index contributed by atoms with van der Waals surface area (Å²) < 4.78 is 93.7. The lowest BCUT2D eigenvalue weighted by atomic mass is 10.2. The van der Waals surface area contributed by atoms with Crippen LogP contribution in [0.25, 0.3) is 0 Å². The molecule has 0 aromatic heterocycles. The topological polar surface area (TPSA) is 215 Å². The summed E-state index contributed by atoms with van der Waals surface area (Å²) in [4.78, 5) is 22.4. The van der Waals surface area contributed by atoms with Gasteiger partial charge < -0.3 is 25.2 Å². The van der Waals surface area contributed by atoms with Gasteiger partial charge in [-0.15, -0.1) is 0 Å². The second kappa shape index (κ2) is 14.2. The third kappa shape index (κ3) is 8.66. The number of hydrogen-bond donors (Lipinski definition) is 4. The van der Waals surface area contributed by atoms with E-state index in [-0.39, 0.29) is 41.0 Å². The summed E-state index contributed by atoms with van der Waals surface area (Å²) in [7, 11) is -12.9. The lowest BCUT2D eigenvalue weighted by Crippen LogP contribution is -2.49. The fourth-order valence-corrected chi connectivity index (χ4v) is 9.48. The number of hydrogen-bond acceptors (Lipinski definition) is 11. The number of benzene rings is 2. The molecule has 2 unspecified atom stereocenters. The number of aliphatic hydroxyl groups excluding tert-OH is 1. The summed E-state index contributed by atoms with van der Waals surface area (Å²) in [5.74, 6) is -2.43. The van der Waals surface area contributed by atoms with E-state index in [4.69, 9.17) is 9.47 Å². The highest BCUT2D eigenvalue weighted by Gasteiger charge is 2.45. The van der Waals surface area contributed by atoms with Crippen molar-refractivity contribution >= 4 is 53.1 Å². The van der Waals surface area contributed by atoms with Crippen molar-refractivity contribution in [2.75, 3.05) is 48.4 Å². The van der Waals surface area contributed by atoms with Crippen LogP contribution in [0, 0.1) is 0 Å². The van der Waals surface area contributed by atoms with E-state index in [0.717, 1.165) is 10.4 Å². The minimum absolute atomic E-state index is 0.0213. The maximum atomic E-state index is 14.1. The van der Waals surface area contributed by atoms with Gasteiger partial charge in [0.15, 0.2) is 9.84 Å². The van der Waals surface area contributed by atoms with Gasteiger partial charge in [0, 0.05) is 38.3 Å². The molecular weight excluding hydrogens is 641 g/mol. The normalized spacial score (nSPS) is 18.1. The van der Waals surface area contributed by atoms with Crippen molar-refractivity contribution in [2.45, 2.75) is 49.6 Å². The Morgan fingerprint density at radius 1 is 0.886 bits per heavy atom. The van der Waals surface area contributed by atoms with E-state index in [9.17, 15) is 39.9 Å². The van der Waals surface area contributed by atoms with Crippen LogP contribution in [0.2, 0.25) is 0 Å².